The lowest BCUT2D eigenvalue weighted by molar-refractivity contribution is -0.149. The minimum Gasteiger partial charge on any atom is -0.464 e. The second kappa shape index (κ2) is 6.64. The van der Waals surface area contributed by atoms with Crippen LogP contribution in [0.4, 0.5) is 9.59 Å². The normalized spacial score (nSPS) is 20.6. The third-order valence-corrected chi connectivity index (χ3v) is 3.96. The number of nitrogens with zero attached hydrogens (tertiary/aromatic N) is 2. The Bertz CT molecular complexity index is 399. The molecule has 0 radical (unpaired) electrons. The average molecular weight is 300 g/mol. The Morgan fingerprint density at radius 1 is 0.952 bits per heavy atom. The fourth-order valence-corrected chi connectivity index (χ4v) is 2.94. The van der Waals surface area contributed by atoms with Crippen LogP contribution >= 0.6 is 0 Å². The fraction of sp³-hybridized carbons (Fsp3) is 0.769. The van der Waals surface area contributed by atoms with Crippen molar-refractivity contribution in [3.05, 3.63) is 0 Å². The third kappa shape index (κ3) is 3.99. The van der Waals surface area contributed by atoms with Crippen molar-refractivity contribution in [2.45, 2.75) is 44.6 Å². The zero-order chi connectivity index (χ0) is 15.4. The molecular formula is C13H20N2O6. The molecular weight excluding hydrogens is 280 g/mol. The van der Waals surface area contributed by atoms with Crippen LogP contribution in [0.5, 0.6) is 0 Å². The molecule has 1 saturated heterocycles. The first-order chi connectivity index (χ1) is 9.97. The van der Waals surface area contributed by atoms with E-state index in [2.05, 4.69) is 0 Å². The number of amides is 2. The quantitative estimate of drug-likeness (QED) is 0.769. The smallest absolute Gasteiger partial charge is 0.426 e. The van der Waals surface area contributed by atoms with Crippen LogP contribution in [0.2, 0.25) is 0 Å². The van der Waals surface area contributed by atoms with Gasteiger partial charge in [0.1, 0.15) is 6.10 Å². The van der Waals surface area contributed by atoms with Gasteiger partial charge in [-0.15, -0.1) is 0 Å². The highest BCUT2D eigenvalue weighted by Crippen LogP contribution is 2.27. The summed E-state index contributed by atoms with van der Waals surface area (Å²) in [5.41, 5.74) is 0. The molecule has 0 bridgehead atoms. The summed E-state index contributed by atoms with van der Waals surface area (Å²) in [5, 5.41) is 19.2. The lowest BCUT2D eigenvalue weighted by Gasteiger charge is -2.21. The Hall–Kier alpha value is -1.99. The van der Waals surface area contributed by atoms with Crippen LogP contribution in [0.15, 0.2) is 0 Å². The van der Waals surface area contributed by atoms with Crippen LogP contribution in [0.25, 0.3) is 0 Å². The van der Waals surface area contributed by atoms with Crippen LogP contribution in [0, 0.1) is 5.92 Å². The predicted molar refractivity (Wildman–Crippen MR) is 70.5 cm³/mol. The minimum absolute atomic E-state index is 0.141. The SMILES string of the molecule is O=C(CC1CCCCC1)OC1CN(C(=O)O)N(C(=O)O)C1. The minimum atomic E-state index is -1.37. The summed E-state index contributed by atoms with van der Waals surface area (Å²) >= 11 is 0. The second-order valence-corrected chi connectivity index (χ2v) is 5.55. The maximum atomic E-state index is 11.9. The molecule has 2 fully saturated rings. The summed E-state index contributed by atoms with van der Waals surface area (Å²) in [4.78, 5) is 33.8. The number of carboxylic acid groups (broad SMARTS) is 2. The van der Waals surface area contributed by atoms with Crippen molar-refractivity contribution < 1.29 is 29.3 Å². The van der Waals surface area contributed by atoms with E-state index in [-0.39, 0.29) is 19.1 Å². The number of hydrazine groups is 1. The summed E-state index contributed by atoms with van der Waals surface area (Å²) in [6.45, 7) is -0.282. The van der Waals surface area contributed by atoms with Gasteiger partial charge in [-0.3, -0.25) is 4.79 Å². The first-order valence-corrected chi connectivity index (χ1v) is 7.17. The summed E-state index contributed by atoms with van der Waals surface area (Å²) in [7, 11) is 0. The van der Waals surface area contributed by atoms with Gasteiger partial charge in [0.15, 0.2) is 0 Å². The van der Waals surface area contributed by atoms with Gasteiger partial charge in [-0.1, -0.05) is 19.3 Å². The number of carbonyl (C=O) groups excluding carboxylic acids is 1. The zero-order valence-corrected chi connectivity index (χ0v) is 11.7. The van der Waals surface area contributed by atoms with Crippen LogP contribution in [-0.4, -0.2) is 57.6 Å². The Balaban J connectivity index is 1.84. The molecule has 2 amide bonds. The monoisotopic (exact) mass is 300 g/mol. The topological polar surface area (TPSA) is 107 Å². The van der Waals surface area contributed by atoms with E-state index in [1.165, 1.54) is 6.42 Å². The van der Waals surface area contributed by atoms with Gasteiger partial charge in [0, 0.05) is 6.42 Å². The molecule has 2 N–H and O–H groups in total. The highest BCUT2D eigenvalue weighted by Gasteiger charge is 2.39. The Labute approximate surface area is 122 Å². The zero-order valence-electron chi connectivity index (χ0n) is 11.7. The molecule has 0 aromatic carbocycles. The summed E-state index contributed by atoms with van der Waals surface area (Å²) in [6.07, 6.45) is 2.35. The third-order valence-electron chi connectivity index (χ3n) is 3.96. The van der Waals surface area contributed by atoms with Gasteiger partial charge in [-0.2, -0.15) is 0 Å². The maximum absolute atomic E-state index is 11.9. The van der Waals surface area contributed by atoms with Crippen LogP contribution in [0.3, 0.4) is 0 Å². The van der Waals surface area contributed by atoms with Gasteiger partial charge in [0.05, 0.1) is 13.1 Å². The molecule has 0 atom stereocenters. The van der Waals surface area contributed by atoms with Gasteiger partial charge in [-0.25, -0.2) is 19.6 Å². The number of carbonyl (C=O) groups is 3. The summed E-state index contributed by atoms with van der Waals surface area (Å²) < 4.78 is 5.23. The first-order valence-electron chi connectivity index (χ1n) is 7.17. The Morgan fingerprint density at radius 2 is 1.48 bits per heavy atom. The molecule has 8 heteroatoms. The number of hydrogen-bond donors (Lipinski definition) is 2. The van der Waals surface area contributed by atoms with E-state index in [1.54, 1.807) is 0 Å². The van der Waals surface area contributed by atoms with Gasteiger partial charge >= 0.3 is 18.2 Å². The van der Waals surface area contributed by atoms with E-state index < -0.39 is 18.3 Å². The molecule has 21 heavy (non-hydrogen) atoms. The second-order valence-electron chi connectivity index (χ2n) is 5.55. The Morgan fingerprint density at radius 3 is 1.95 bits per heavy atom. The van der Waals surface area contributed by atoms with Gasteiger partial charge in [0.25, 0.3) is 0 Å². The standard InChI is InChI=1S/C13H20N2O6/c16-11(6-9-4-2-1-3-5-9)21-10-7-14(12(17)18)15(8-10)13(19)20/h9-10H,1-8H2,(H,17,18)(H,19,20). The Kier molecular flexibility index (Phi) is 4.87. The lowest BCUT2D eigenvalue weighted by Crippen LogP contribution is -2.43. The fourth-order valence-electron chi connectivity index (χ4n) is 2.94. The molecule has 0 aromatic heterocycles. The van der Waals surface area contributed by atoms with E-state index >= 15 is 0 Å². The molecule has 0 spiro atoms. The summed E-state index contributed by atoms with van der Waals surface area (Å²) in [6, 6.07) is 0. The highest BCUT2D eigenvalue weighted by atomic mass is 16.5. The number of rotatable bonds is 3. The van der Waals surface area contributed by atoms with Crippen LogP contribution in [-0.2, 0) is 9.53 Å². The first kappa shape index (κ1) is 15.4. The average Bonchev–Trinajstić information content (AvgIpc) is 2.84. The molecule has 0 unspecified atom stereocenters. The van der Waals surface area contributed by atoms with Crippen molar-refractivity contribution in [1.29, 1.82) is 0 Å². The van der Waals surface area contributed by atoms with Crippen molar-refractivity contribution in [2.24, 2.45) is 5.92 Å². The van der Waals surface area contributed by atoms with Crippen molar-refractivity contribution in [2.75, 3.05) is 13.1 Å². The number of esters is 1. The molecule has 2 rings (SSSR count). The molecule has 1 aliphatic carbocycles. The molecule has 2 aliphatic rings. The number of ether oxygens (including phenoxy) is 1. The number of hydrogen-bond acceptors (Lipinski definition) is 4. The maximum Gasteiger partial charge on any atom is 0.426 e. The summed E-state index contributed by atoms with van der Waals surface area (Å²) in [5.74, 6) is -0.0386. The van der Waals surface area contributed by atoms with Crippen molar-refractivity contribution in [1.82, 2.24) is 10.0 Å². The van der Waals surface area contributed by atoms with Gasteiger partial charge in [0.2, 0.25) is 0 Å². The molecule has 1 saturated carbocycles. The van der Waals surface area contributed by atoms with E-state index in [4.69, 9.17) is 14.9 Å². The highest BCUT2D eigenvalue weighted by molar-refractivity contribution is 5.73. The van der Waals surface area contributed by atoms with Crippen LogP contribution < -0.4 is 0 Å². The molecule has 118 valence electrons. The molecule has 0 aromatic rings. The van der Waals surface area contributed by atoms with Gasteiger partial charge in [-0.05, 0) is 18.8 Å². The predicted octanol–water partition coefficient (Wildman–Crippen LogP) is 1.76. The largest absolute Gasteiger partial charge is 0.464 e. The van der Waals surface area contributed by atoms with Gasteiger partial charge < -0.3 is 14.9 Å². The van der Waals surface area contributed by atoms with E-state index in [0.717, 1.165) is 25.7 Å². The van der Waals surface area contributed by atoms with E-state index in [9.17, 15) is 14.4 Å². The molecule has 1 aliphatic heterocycles. The van der Waals surface area contributed by atoms with Crippen molar-refractivity contribution in [3.8, 4) is 0 Å². The van der Waals surface area contributed by atoms with E-state index in [1.807, 2.05) is 0 Å². The molecule has 1 heterocycles. The van der Waals surface area contributed by atoms with Crippen molar-refractivity contribution in [3.63, 3.8) is 0 Å². The van der Waals surface area contributed by atoms with Crippen LogP contribution in [0.1, 0.15) is 38.5 Å². The molecule has 8 nitrogen and oxygen atoms in total. The van der Waals surface area contributed by atoms with E-state index in [0.29, 0.717) is 22.4 Å². The van der Waals surface area contributed by atoms with Crippen molar-refractivity contribution >= 4 is 18.2 Å². The lowest BCUT2D eigenvalue weighted by atomic mass is 9.87.